The van der Waals surface area contributed by atoms with E-state index < -0.39 is 9.84 Å². The van der Waals surface area contributed by atoms with Gasteiger partial charge in [-0.3, -0.25) is 0 Å². The Kier molecular flexibility index (Phi) is 3.18. The van der Waals surface area contributed by atoms with Crippen LogP contribution in [-0.4, -0.2) is 20.7 Å². The number of para-hydroxylation sites is 1. The third-order valence-corrected chi connectivity index (χ3v) is 7.01. The van der Waals surface area contributed by atoms with Crippen LogP contribution in [0.15, 0.2) is 29.2 Å². The molecule has 0 amide bonds. The number of benzene rings is 1. The Morgan fingerprint density at radius 3 is 2.43 bits per heavy atom. The minimum Gasteiger partial charge on any atom is -0.380 e. The lowest BCUT2D eigenvalue weighted by Gasteiger charge is -2.43. The van der Waals surface area contributed by atoms with Gasteiger partial charge in [-0.25, -0.2) is 8.42 Å². The highest BCUT2D eigenvalue weighted by Crippen LogP contribution is 2.63. The summed E-state index contributed by atoms with van der Waals surface area (Å²) in [6, 6.07) is 7.60. The molecule has 2 aliphatic rings. The SMILES string of the molecule is CC1(C)C(Nc2ccccc2S(C)(=O)=O)[C@]2(C)CC[C@H]1C2. The van der Waals surface area contributed by atoms with Crippen molar-refractivity contribution < 1.29 is 8.42 Å². The molecular formula is C17H25NO2S. The van der Waals surface area contributed by atoms with Crippen molar-refractivity contribution in [1.82, 2.24) is 0 Å². The second-order valence-electron chi connectivity index (χ2n) is 7.76. The number of sulfone groups is 1. The zero-order valence-corrected chi connectivity index (χ0v) is 14.1. The molecule has 1 aromatic rings. The van der Waals surface area contributed by atoms with Crippen LogP contribution in [0, 0.1) is 16.7 Å². The van der Waals surface area contributed by atoms with Crippen molar-refractivity contribution in [2.75, 3.05) is 11.6 Å². The highest BCUT2D eigenvalue weighted by Gasteiger charge is 2.59. The third-order valence-electron chi connectivity index (χ3n) is 5.86. The van der Waals surface area contributed by atoms with E-state index in [0.717, 1.165) is 11.6 Å². The van der Waals surface area contributed by atoms with Crippen molar-refractivity contribution in [1.29, 1.82) is 0 Å². The van der Waals surface area contributed by atoms with Gasteiger partial charge < -0.3 is 5.32 Å². The summed E-state index contributed by atoms with van der Waals surface area (Å²) in [5.41, 5.74) is 1.24. The van der Waals surface area contributed by atoms with E-state index in [1.807, 2.05) is 12.1 Å². The lowest BCUT2D eigenvalue weighted by Crippen LogP contribution is -2.46. The molecule has 1 aromatic carbocycles. The summed E-state index contributed by atoms with van der Waals surface area (Å²) in [7, 11) is -3.21. The van der Waals surface area contributed by atoms with E-state index in [9.17, 15) is 8.42 Å². The summed E-state index contributed by atoms with van der Waals surface area (Å²) in [6.07, 6.45) is 5.06. The van der Waals surface area contributed by atoms with E-state index >= 15 is 0 Å². The van der Waals surface area contributed by atoms with Gasteiger partial charge in [-0.15, -0.1) is 0 Å². The van der Waals surface area contributed by atoms with E-state index in [1.165, 1.54) is 25.5 Å². The normalized spacial score (nSPS) is 34.1. The number of anilines is 1. The molecule has 0 spiro atoms. The number of nitrogens with one attached hydrogen (secondary N) is 1. The van der Waals surface area contributed by atoms with Crippen LogP contribution in [0.3, 0.4) is 0 Å². The highest BCUT2D eigenvalue weighted by atomic mass is 32.2. The second kappa shape index (κ2) is 4.48. The summed E-state index contributed by atoms with van der Waals surface area (Å²) >= 11 is 0. The van der Waals surface area contributed by atoms with E-state index in [1.54, 1.807) is 12.1 Å². The van der Waals surface area contributed by atoms with Gasteiger partial charge in [-0.05, 0) is 48.1 Å². The zero-order chi connectivity index (χ0) is 15.5. The summed E-state index contributed by atoms with van der Waals surface area (Å²) in [5.74, 6) is 0.741. The van der Waals surface area contributed by atoms with Gasteiger partial charge in [0, 0.05) is 12.3 Å². The van der Waals surface area contributed by atoms with Crippen LogP contribution in [0.25, 0.3) is 0 Å². The maximum atomic E-state index is 12.0. The van der Waals surface area contributed by atoms with Gasteiger partial charge in [0.25, 0.3) is 0 Å². The van der Waals surface area contributed by atoms with E-state index in [4.69, 9.17) is 0 Å². The van der Waals surface area contributed by atoms with Crippen molar-refractivity contribution in [2.24, 2.45) is 16.7 Å². The maximum Gasteiger partial charge on any atom is 0.177 e. The van der Waals surface area contributed by atoms with Gasteiger partial charge in [0.15, 0.2) is 9.84 Å². The molecule has 2 bridgehead atoms. The van der Waals surface area contributed by atoms with Gasteiger partial charge in [-0.2, -0.15) is 0 Å². The minimum absolute atomic E-state index is 0.206. The third kappa shape index (κ3) is 2.28. The fourth-order valence-corrected chi connectivity index (χ4v) is 5.58. The molecule has 2 fully saturated rings. The average molecular weight is 307 g/mol. The monoisotopic (exact) mass is 307 g/mol. The lowest BCUT2D eigenvalue weighted by atomic mass is 9.68. The first-order chi connectivity index (χ1) is 9.64. The summed E-state index contributed by atoms with van der Waals surface area (Å²) in [5, 5.41) is 3.60. The smallest absolute Gasteiger partial charge is 0.177 e. The van der Waals surface area contributed by atoms with Gasteiger partial charge in [0.05, 0.1) is 10.6 Å². The molecule has 2 saturated carbocycles. The Labute approximate surface area is 128 Å². The molecule has 2 aliphatic carbocycles. The fraction of sp³-hybridized carbons (Fsp3) is 0.647. The van der Waals surface area contributed by atoms with Crippen molar-refractivity contribution in [3.63, 3.8) is 0 Å². The standard InChI is InChI=1S/C17H25NO2S/c1-16(2)12-9-10-17(3,11-12)15(16)18-13-7-5-6-8-14(13)21(4,19)20/h5-8,12,15,18H,9-11H2,1-4H3/t12-,15?,17+/m0/s1. The van der Waals surface area contributed by atoms with Gasteiger partial charge >= 0.3 is 0 Å². The van der Waals surface area contributed by atoms with Crippen LogP contribution >= 0.6 is 0 Å². The Hall–Kier alpha value is -1.03. The molecule has 1 N–H and O–H groups in total. The molecule has 3 atom stereocenters. The first-order valence-corrected chi connectivity index (χ1v) is 9.59. The molecule has 3 rings (SSSR count). The quantitative estimate of drug-likeness (QED) is 0.926. The highest BCUT2D eigenvalue weighted by molar-refractivity contribution is 7.90. The van der Waals surface area contributed by atoms with Gasteiger partial charge in [0.2, 0.25) is 0 Å². The Balaban J connectivity index is 1.98. The first-order valence-electron chi connectivity index (χ1n) is 7.70. The summed E-state index contributed by atoms with van der Waals surface area (Å²) in [6.45, 7) is 6.99. The van der Waals surface area contributed by atoms with Gasteiger partial charge in [0.1, 0.15) is 0 Å². The molecule has 3 nitrogen and oxygen atoms in total. The number of hydrogen-bond acceptors (Lipinski definition) is 3. The topological polar surface area (TPSA) is 46.2 Å². The molecule has 4 heteroatoms. The predicted molar refractivity (Wildman–Crippen MR) is 86.2 cm³/mol. The molecule has 116 valence electrons. The van der Waals surface area contributed by atoms with Gasteiger partial charge in [-0.1, -0.05) is 32.9 Å². The number of fused-ring (bicyclic) bond motifs is 2. The van der Waals surface area contributed by atoms with E-state index in [0.29, 0.717) is 10.9 Å². The lowest BCUT2D eigenvalue weighted by molar-refractivity contribution is 0.155. The minimum atomic E-state index is -3.21. The largest absolute Gasteiger partial charge is 0.380 e. The van der Waals surface area contributed by atoms with Crippen LogP contribution in [0.5, 0.6) is 0 Å². The van der Waals surface area contributed by atoms with Crippen LogP contribution in [-0.2, 0) is 9.84 Å². The number of hydrogen-bond donors (Lipinski definition) is 1. The molecule has 0 aliphatic heterocycles. The molecule has 0 radical (unpaired) electrons. The Morgan fingerprint density at radius 1 is 1.19 bits per heavy atom. The van der Waals surface area contributed by atoms with Crippen LogP contribution in [0.4, 0.5) is 5.69 Å². The maximum absolute atomic E-state index is 12.0. The fourth-order valence-electron chi connectivity index (χ4n) is 4.73. The van der Waals surface area contributed by atoms with Crippen LogP contribution in [0.1, 0.15) is 40.0 Å². The van der Waals surface area contributed by atoms with E-state index in [2.05, 4.69) is 26.1 Å². The molecule has 21 heavy (non-hydrogen) atoms. The number of rotatable bonds is 3. The Bertz CT molecular complexity index is 660. The average Bonchev–Trinajstić information content (AvgIpc) is 2.85. The summed E-state index contributed by atoms with van der Waals surface area (Å²) in [4.78, 5) is 0.409. The van der Waals surface area contributed by atoms with Crippen LogP contribution < -0.4 is 5.32 Å². The van der Waals surface area contributed by atoms with Crippen molar-refractivity contribution in [3.8, 4) is 0 Å². The van der Waals surface area contributed by atoms with Crippen molar-refractivity contribution in [3.05, 3.63) is 24.3 Å². The zero-order valence-electron chi connectivity index (χ0n) is 13.3. The van der Waals surface area contributed by atoms with Crippen LogP contribution in [0.2, 0.25) is 0 Å². The van der Waals surface area contributed by atoms with Crippen molar-refractivity contribution in [2.45, 2.75) is 51.0 Å². The molecule has 0 saturated heterocycles. The molecule has 0 aromatic heterocycles. The first kappa shape index (κ1) is 14.9. The van der Waals surface area contributed by atoms with Crippen molar-refractivity contribution >= 4 is 15.5 Å². The predicted octanol–water partition coefficient (Wildman–Crippen LogP) is 3.72. The Morgan fingerprint density at radius 2 is 1.86 bits per heavy atom. The molecular weight excluding hydrogens is 282 g/mol. The second-order valence-corrected chi connectivity index (χ2v) is 9.74. The summed E-state index contributed by atoms with van der Waals surface area (Å²) < 4.78 is 24.0. The molecule has 0 heterocycles. The molecule has 1 unspecified atom stereocenters. The van der Waals surface area contributed by atoms with E-state index in [-0.39, 0.29) is 10.8 Å².